The van der Waals surface area contributed by atoms with Crippen LogP contribution in [0.1, 0.15) is 26.7 Å². The molecule has 0 rings (SSSR count). The summed E-state index contributed by atoms with van der Waals surface area (Å²) >= 11 is 0. The molecule has 1 N–H and O–H groups in total. The first-order valence-electron chi connectivity index (χ1n) is 3.52. The Bertz CT molecular complexity index is 84.6. The largest absolute Gasteiger partial charge is 0.392 e. The monoisotopic (exact) mass is 127 g/mol. The van der Waals surface area contributed by atoms with Crippen molar-refractivity contribution in [1.82, 2.24) is 5.32 Å². The van der Waals surface area contributed by atoms with E-state index in [2.05, 4.69) is 25.7 Å². The predicted molar refractivity (Wildman–Crippen MR) is 42.3 cm³/mol. The van der Waals surface area contributed by atoms with Gasteiger partial charge in [-0.25, -0.2) is 0 Å². The average Bonchev–Trinajstić information content (AvgIpc) is 1.83. The molecule has 0 aliphatic heterocycles. The summed E-state index contributed by atoms with van der Waals surface area (Å²) in [6, 6.07) is 0. The van der Waals surface area contributed by atoms with E-state index in [-0.39, 0.29) is 0 Å². The van der Waals surface area contributed by atoms with E-state index < -0.39 is 0 Å². The first-order chi connectivity index (χ1) is 4.16. The second-order valence-corrected chi connectivity index (χ2v) is 2.79. The van der Waals surface area contributed by atoms with Gasteiger partial charge in [-0.05, 0) is 18.8 Å². The molecule has 0 aromatic rings. The minimum atomic E-state index is 0.787. The lowest BCUT2D eigenvalue weighted by Gasteiger charge is -2.05. The fourth-order valence-electron chi connectivity index (χ4n) is 0.588. The SMILES string of the molecule is C=C(CCC(C)C)NC. The molecule has 0 amide bonds. The maximum absolute atomic E-state index is 3.83. The third kappa shape index (κ3) is 5.41. The molecule has 0 radical (unpaired) electrons. The topological polar surface area (TPSA) is 12.0 Å². The van der Waals surface area contributed by atoms with Crippen molar-refractivity contribution < 1.29 is 0 Å². The Kier molecular flexibility index (Phi) is 4.20. The van der Waals surface area contributed by atoms with Crippen molar-refractivity contribution in [3.8, 4) is 0 Å². The number of hydrogen-bond acceptors (Lipinski definition) is 1. The number of hydrogen-bond donors (Lipinski definition) is 1. The Labute approximate surface area is 58.2 Å². The molecule has 0 bridgehead atoms. The highest BCUT2D eigenvalue weighted by molar-refractivity contribution is 4.88. The highest BCUT2D eigenvalue weighted by Crippen LogP contribution is 2.06. The molecule has 0 saturated carbocycles. The van der Waals surface area contributed by atoms with Gasteiger partial charge in [0, 0.05) is 12.7 Å². The highest BCUT2D eigenvalue weighted by Gasteiger charge is 1.93. The van der Waals surface area contributed by atoms with E-state index in [4.69, 9.17) is 0 Å². The van der Waals surface area contributed by atoms with Gasteiger partial charge in [0.05, 0.1) is 0 Å². The quantitative estimate of drug-likeness (QED) is 0.610. The van der Waals surface area contributed by atoms with Gasteiger partial charge in [0.25, 0.3) is 0 Å². The second-order valence-electron chi connectivity index (χ2n) is 2.79. The maximum atomic E-state index is 3.83. The molecule has 0 heterocycles. The molecule has 0 aliphatic carbocycles. The van der Waals surface area contributed by atoms with Crippen LogP contribution in [0.4, 0.5) is 0 Å². The molecule has 9 heavy (non-hydrogen) atoms. The summed E-state index contributed by atoms with van der Waals surface area (Å²) in [5, 5.41) is 3.03. The molecule has 0 aromatic carbocycles. The molecular weight excluding hydrogens is 110 g/mol. The van der Waals surface area contributed by atoms with E-state index in [1.165, 1.54) is 6.42 Å². The smallest absolute Gasteiger partial charge is 0.00311 e. The van der Waals surface area contributed by atoms with Gasteiger partial charge in [-0.15, -0.1) is 0 Å². The lowest BCUT2D eigenvalue weighted by Crippen LogP contribution is -2.04. The van der Waals surface area contributed by atoms with E-state index in [9.17, 15) is 0 Å². The Balaban J connectivity index is 3.17. The third-order valence-electron chi connectivity index (χ3n) is 1.38. The van der Waals surface area contributed by atoms with Gasteiger partial charge in [-0.1, -0.05) is 20.4 Å². The molecule has 0 unspecified atom stereocenters. The van der Waals surface area contributed by atoms with Gasteiger partial charge in [-0.2, -0.15) is 0 Å². The van der Waals surface area contributed by atoms with Crippen LogP contribution in [-0.2, 0) is 0 Å². The lowest BCUT2D eigenvalue weighted by atomic mass is 10.1. The van der Waals surface area contributed by atoms with E-state index in [1.807, 2.05) is 7.05 Å². The van der Waals surface area contributed by atoms with Gasteiger partial charge >= 0.3 is 0 Å². The third-order valence-corrected chi connectivity index (χ3v) is 1.38. The molecule has 1 nitrogen and oxygen atoms in total. The van der Waals surface area contributed by atoms with Crippen molar-refractivity contribution in [3.63, 3.8) is 0 Å². The fraction of sp³-hybridized carbons (Fsp3) is 0.750. The van der Waals surface area contributed by atoms with Gasteiger partial charge in [-0.3, -0.25) is 0 Å². The van der Waals surface area contributed by atoms with Crippen molar-refractivity contribution in [2.75, 3.05) is 7.05 Å². The predicted octanol–water partition coefficient (Wildman–Crippen LogP) is 2.16. The second kappa shape index (κ2) is 4.42. The Morgan fingerprint density at radius 2 is 2.11 bits per heavy atom. The van der Waals surface area contributed by atoms with Crippen LogP contribution >= 0.6 is 0 Å². The van der Waals surface area contributed by atoms with Crippen LogP contribution < -0.4 is 5.32 Å². The van der Waals surface area contributed by atoms with Crippen molar-refractivity contribution >= 4 is 0 Å². The normalized spacial score (nSPS) is 9.78. The summed E-state index contributed by atoms with van der Waals surface area (Å²) in [6.07, 6.45) is 2.34. The number of rotatable bonds is 4. The summed E-state index contributed by atoms with van der Waals surface area (Å²) in [7, 11) is 1.92. The van der Waals surface area contributed by atoms with Crippen LogP contribution in [0.2, 0.25) is 0 Å². The molecular formula is C8H17N. The zero-order chi connectivity index (χ0) is 7.28. The minimum Gasteiger partial charge on any atom is -0.392 e. The van der Waals surface area contributed by atoms with Crippen LogP contribution in [-0.4, -0.2) is 7.05 Å². The van der Waals surface area contributed by atoms with E-state index in [0.717, 1.165) is 18.0 Å². The maximum Gasteiger partial charge on any atom is 0.00311 e. The molecule has 0 spiro atoms. The molecule has 0 atom stereocenters. The first kappa shape index (κ1) is 8.54. The zero-order valence-electron chi connectivity index (χ0n) is 6.70. The zero-order valence-corrected chi connectivity index (χ0v) is 6.70. The molecule has 0 saturated heterocycles. The number of nitrogens with one attached hydrogen (secondary N) is 1. The minimum absolute atomic E-state index is 0.787. The van der Waals surface area contributed by atoms with Crippen LogP contribution in [0, 0.1) is 5.92 Å². The Morgan fingerprint density at radius 3 is 2.44 bits per heavy atom. The summed E-state index contributed by atoms with van der Waals surface area (Å²) in [6.45, 7) is 8.28. The highest BCUT2D eigenvalue weighted by atomic mass is 14.8. The first-order valence-corrected chi connectivity index (χ1v) is 3.52. The molecule has 0 aliphatic rings. The van der Waals surface area contributed by atoms with Crippen molar-refractivity contribution in [2.45, 2.75) is 26.7 Å². The van der Waals surface area contributed by atoms with Gasteiger partial charge < -0.3 is 5.32 Å². The van der Waals surface area contributed by atoms with E-state index >= 15 is 0 Å². The van der Waals surface area contributed by atoms with Crippen molar-refractivity contribution in [3.05, 3.63) is 12.3 Å². The van der Waals surface area contributed by atoms with E-state index in [0.29, 0.717) is 0 Å². The molecule has 0 aromatic heterocycles. The lowest BCUT2D eigenvalue weighted by molar-refractivity contribution is 0.575. The Morgan fingerprint density at radius 1 is 1.56 bits per heavy atom. The summed E-state index contributed by atoms with van der Waals surface area (Å²) in [4.78, 5) is 0. The van der Waals surface area contributed by atoms with E-state index in [1.54, 1.807) is 0 Å². The van der Waals surface area contributed by atoms with Crippen LogP contribution in [0.5, 0.6) is 0 Å². The van der Waals surface area contributed by atoms with Crippen molar-refractivity contribution in [1.29, 1.82) is 0 Å². The Hall–Kier alpha value is -0.460. The van der Waals surface area contributed by atoms with Crippen LogP contribution in [0.3, 0.4) is 0 Å². The molecule has 0 fully saturated rings. The molecule has 54 valence electrons. The average molecular weight is 127 g/mol. The van der Waals surface area contributed by atoms with Gasteiger partial charge in [0.2, 0.25) is 0 Å². The number of allylic oxidation sites excluding steroid dienone is 1. The van der Waals surface area contributed by atoms with Crippen LogP contribution in [0.25, 0.3) is 0 Å². The van der Waals surface area contributed by atoms with Gasteiger partial charge in [0.15, 0.2) is 0 Å². The molecule has 1 heteroatoms. The summed E-state index contributed by atoms with van der Waals surface area (Å²) in [5.41, 5.74) is 1.14. The summed E-state index contributed by atoms with van der Waals surface area (Å²) < 4.78 is 0. The van der Waals surface area contributed by atoms with Crippen molar-refractivity contribution in [2.24, 2.45) is 5.92 Å². The summed E-state index contributed by atoms with van der Waals surface area (Å²) in [5.74, 6) is 0.787. The van der Waals surface area contributed by atoms with Gasteiger partial charge in [0.1, 0.15) is 0 Å². The fourth-order valence-corrected chi connectivity index (χ4v) is 0.588. The van der Waals surface area contributed by atoms with Crippen LogP contribution in [0.15, 0.2) is 12.3 Å². The standard InChI is InChI=1S/C8H17N/c1-7(2)5-6-8(3)9-4/h7,9H,3,5-6H2,1-2,4H3.